The van der Waals surface area contributed by atoms with Crippen LogP contribution in [0.4, 0.5) is 29.3 Å². The van der Waals surface area contributed by atoms with Crippen LogP contribution in [0, 0.1) is 6.92 Å². The second-order valence-electron chi connectivity index (χ2n) is 8.13. The van der Waals surface area contributed by atoms with Crippen molar-refractivity contribution < 1.29 is 17.6 Å². The number of nitrogens with two attached hydrogens (primary N) is 1. The van der Waals surface area contributed by atoms with E-state index in [1.165, 1.54) is 4.57 Å². The van der Waals surface area contributed by atoms with Crippen LogP contribution in [-0.2, 0) is 6.54 Å². The van der Waals surface area contributed by atoms with Gasteiger partial charge in [-0.1, -0.05) is 0 Å². The molecule has 182 valence electrons. The van der Waals surface area contributed by atoms with E-state index in [0.717, 1.165) is 5.56 Å². The zero-order valence-corrected chi connectivity index (χ0v) is 18.9. The number of imidazole rings is 1. The summed E-state index contributed by atoms with van der Waals surface area (Å²) in [6.07, 6.45) is -0.709. The number of nitrogen functional groups attached to an aromatic ring is 1. The highest BCUT2D eigenvalue weighted by molar-refractivity contribution is 5.89. The lowest BCUT2D eigenvalue weighted by atomic mass is 10.2. The number of hydrogen-bond acceptors (Lipinski definition) is 7. The lowest BCUT2D eigenvalue weighted by molar-refractivity contribution is 0.0146. The fraction of sp³-hybridized carbons (Fsp3) is 0.429. The molecule has 0 bridgehead atoms. The summed E-state index contributed by atoms with van der Waals surface area (Å²) in [6, 6.07) is 5.40. The molecule has 34 heavy (non-hydrogen) atoms. The zero-order valence-electron chi connectivity index (χ0n) is 18.9. The van der Waals surface area contributed by atoms with Gasteiger partial charge in [0.2, 0.25) is 5.95 Å². The molecule has 0 aromatic carbocycles. The third-order valence-electron chi connectivity index (χ3n) is 5.50. The molecule has 1 fully saturated rings. The smallest absolute Gasteiger partial charge is 0.261 e. The van der Waals surface area contributed by atoms with E-state index < -0.39 is 18.9 Å². The summed E-state index contributed by atoms with van der Waals surface area (Å²) in [5.74, 6) is -1.22. The highest BCUT2D eigenvalue weighted by Crippen LogP contribution is 2.30. The molecule has 1 saturated heterocycles. The maximum Gasteiger partial charge on any atom is 0.261 e. The van der Waals surface area contributed by atoms with Crippen molar-refractivity contribution in [1.29, 1.82) is 0 Å². The number of nitrogens with one attached hydrogen (secondary N) is 1. The Morgan fingerprint density at radius 3 is 2.53 bits per heavy atom. The number of halogens is 4. The number of pyridine rings is 1. The van der Waals surface area contributed by atoms with Crippen LogP contribution in [0.25, 0.3) is 27.9 Å². The molecule has 4 aromatic rings. The maximum absolute atomic E-state index is 12.9. The predicted molar refractivity (Wildman–Crippen MR) is 121 cm³/mol. The quantitative estimate of drug-likeness (QED) is 0.433. The number of fused-ring (bicyclic) bond motifs is 2. The standard InChI is InChI=1S/C16H16F2N8.C5H9F2N/c1-8-21-11-4-3-10(22-15(11)25(8)7-12(17)18)9-5-6-26-13(9)14(20-2)23-16(19)24-26;1-8-3-2-5(6,7)4-8/h3-6,12H,7H2,1-2H3,(H3,19,20,23,24);2-4H2,1H3. The monoisotopic (exact) mass is 479 g/mol. The summed E-state index contributed by atoms with van der Waals surface area (Å²) in [5.41, 5.74) is 8.78. The van der Waals surface area contributed by atoms with E-state index in [0.29, 0.717) is 40.6 Å². The van der Waals surface area contributed by atoms with E-state index in [1.54, 1.807) is 48.8 Å². The number of nitrogens with zero attached hydrogens (tertiary/aromatic N) is 7. The van der Waals surface area contributed by atoms with Gasteiger partial charge in [-0.05, 0) is 32.2 Å². The first kappa shape index (κ1) is 23.7. The van der Waals surface area contributed by atoms with Crippen molar-refractivity contribution in [1.82, 2.24) is 34.0 Å². The minimum Gasteiger partial charge on any atom is -0.371 e. The fourth-order valence-corrected chi connectivity index (χ4v) is 3.95. The summed E-state index contributed by atoms with van der Waals surface area (Å²) < 4.78 is 53.2. The van der Waals surface area contributed by atoms with E-state index >= 15 is 0 Å². The summed E-state index contributed by atoms with van der Waals surface area (Å²) in [6.45, 7) is 1.71. The number of aromatic nitrogens is 6. The Morgan fingerprint density at radius 1 is 1.18 bits per heavy atom. The van der Waals surface area contributed by atoms with Gasteiger partial charge in [0.05, 0.1) is 18.8 Å². The van der Waals surface area contributed by atoms with E-state index in [-0.39, 0.29) is 18.9 Å². The fourth-order valence-electron chi connectivity index (χ4n) is 3.95. The van der Waals surface area contributed by atoms with E-state index in [4.69, 9.17) is 5.73 Å². The number of aryl methyl sites for hydroxylation is 1. The minimum atomic E-state index is -2.49. The molecule has 0 atom stereocenters. The lowest BCUT2D eigenvalue weighted by Gasteiger charge is -2.08. The van der Waals surface area contributed by atoms with Crippen LogP contribution in [0.5, 0.6) is 0 Å². The van der Waals surface area contributed by atoms with Crippen LogP contribution >= 0.6 is 0 Å². The molecule has 0 spiro atoms. The van der Waals surface area contributed by atoms with Crippen LogP contribution in [0.1, 0.15) is 12.2 Å². The van der Waals surface area contributed by atoms with Crippen LogP contribution in [0.3, 0.4) is 0 Å². The zero-order chi connectivity index (χ0) is 24.6. The van der Waals surface area contributed by atoms with Gasteiger partial charge in [-0.3, -0.25) is 0 Å². The third-order valence-corrected chi connectivity index (χ3v) is 5.50. The van der Waals surface area contributed by atoms with Crippen molar-refractivity contribution in [3.63, 3.8) is 0 Å². The Balaban J connectivity index is 0.000000291. The van der Waals surface area contributed by atoms with Gasteiger partial charge in [0, 0.05) is 31.8 Å². The Hall–Kier alpha value is -3.48. The number of likely N-dealkylation sites (tertiary alicyclic amines) is 1. The van der Waals surface area contributed by atoms with E-state index in [2.05, 4.69) is 25.4 Å². The summed E-state index contributed by atoms with van der Waals surface area (Å²) in [7, 11) is 3.44. The summed E-state index contributed by atoms with van der Waals surface area (Å²) >= 11 is 0. The third kappa shape index (κ3) is 4.74. The summed E-state index contributed by atoms with van der Waals surface area (Å²) in [4.78, 5) is 14.7. The highest BCUT2D eigenvalue weighted by atomic mass is 19.3. The van der Waals surface area contributed by atoms with Crippen LogP contribution in [0.2, 0.25) is 0 Å². The molecule has 9 nitrogen and oxygen atoms in total. The number of hydrogen-bond donors (Lipinski definition) is 2. The number of rotatable bonds is 4. The molecule has 0 amide bonds. The van der Waals surface area contributed by atoms with Crippen LogP contribution in [-0.4, -0.2) is 73.6 Å². The first-order chi connectivity index (χ1) is 16.1. The summed E-state index contributed by atoms with van der Waals surface area (Å²) in [5, 5.41) is 7.14. The molecule has 0 radical (unpaired) electrons. The van der Waals surface area contributed by atoms with Crippen molar-refractivity contribution >= 4 is 28.4 Å². The van der Waals surface area contributed by atoms with E-state index in [9.17, 15) is 17.6 Å². The molecule has 1 aliphatic rings. The Labute approximate surface area is 192 Å². The molecule has 5 rings (SSSR count). The maximum atomic E-state index is 12.9. The average molecular weight is 479 g/mol. The first-order valence-corrected chi connectivity index (χ1v) is 10.6. The van der Waals surface area contributed by atoms with Crippen molar-refractivity contribution in [2.75, 3.05) is 38.2 Å². The Bertz CT molecular complexity index is 1310. The average Bonchev–Trinajstić information content (AvgIpc) is 3.42. The normalized spacial score (nSPS) is 15.8. The molecular formula is C21H25F4N9. The topological polar surface area (TPSA) is 102 Å². The van der Waals surface area contributed by atoms with Crippen LogP contribution in [0.15, 0.2) is 24.4 Å². The molecule has 0 unspecified atom stereocenters. The van der Waals surface area contributed by atoms with Gasteiger partial charge in [-0.15, -0.1) is 5.10 Å². The van der Waals surface area contributed by atoms with Crippen molar-refractivity contribution in [2.24, 2.45) is 0 Å². The molecule has 5 heterocycles. The molecule has 4 aromatic heterocycles. The lowest BCUT2D eigenvalue weighted by Crippen LogP contribution is -2.21. The van der Waals surface area contributed by atoms with Gasteiger partial charge in [0.1, 0.15) is 16.9 Å². The molecule has 0 saturated carbocycles. The number of anilines is 2. The van der Waals surface area contributed by atoms with Gasteiger partial charge >= 0.3 is 0 Å². The minimum absolute atomic E-state index is 0.0312. The van der Waals surface area contributed by atoms with Gasteiger partial charge in [-0.2, -0.15) is 4.98 Å². The van der Waals surface area contributed by atoms with Gasteiger partial charge in [0.25, 0.3) is 12.3 Å². The Morgan fingerprint density at radius 2 is 1.94 bits per heavy atom. The van der Waals surface area contributed by atoms with Crippen molar-refractivity contribution in [2.45, 2.75) is 32.2 Å². The molecule has 1 aliphatic heterocycles. The van der Waals surface area contributed by atoms with Gasteiger partial charge < -0.3 is 20.5 Å². The SMILES string of the molecule is CN1CCC(F)(F)C1.CNc1nc(N)nn2ccc(-c3ccc4nc(C)n(CC(F)F)c4n3)c12. The van der Waals surface area contributed by atoms with Gasteiger partial charge in [0.15, 0.2) is 11.5 Å². The van der Waals surface area contributed by atoms with Crippen LogP contribution < -0.4 is 11.1 Å². The molecule has 13 heteroatoms. The highest BCUT2D eigenvalue weighted by Gasteiger charge is 2.36. The largest absolute Gasteiger partial charge is 0.371 e. The Kier molecular flexibility index (Phi) is 6.30. The predicted octanol–water partition coefficient (Wildman–Crippen LogP) is 3.30. The van der Waals surface area contributed by atoms with Crippen molar-refractivity contribution in [3.8, 4) is 11.3 Å². The van der Waals surface area contributed by atoms with E-state index in [1.807, 2.05) is 6.07 Å². The van der Waals surface area contributed by atoms with Crippen molar-refractivity contribution in [3.05, 3.63) is 30.2 Å². The van der Waals surface area contributed by atoms with Gasteiger partial charge in [-0.25, -0.2) is 32.0 Å². The first-order valence-electron chi connectivity index (χ1n) is 10.6. The molecule has 0 aliphatic carbocycles. The number of alkyl halides is 4. The molecule has 3 N–H and O–H groups in total. The molecular weight excluding hydrogens is 454 g/mol. The second-order valence-corrected chi connectivity index (χ2v) is 8.13. The second kappa shape index (κ2) is 9.05.